The van der Waals surface area contributed by atoms with Crippen LogP contribution in [-0.4, -0.2) is 63.4 Å². The minimum atomic E-state index is -0.243. The molecule has 1 unspecified atom stereocenters. The van der Waals surface area contributed by atoms with E-state index in [-0.39, 0.29) is 29.7 Å². The van der Waals surface area contributed by atoms with Gasteiger partial charge in [0.15, 0.2) is 0 Å². The number of nitrogens with zero attached hydrogens (tertiary/aromatic N) is 4. The molecule has 2 amide bonds. The number of likely N-dealkylation sites (tertiary alicyclic amines) is 1. The summed E-state index contributed by atoms with van der Waals surface area (Å²) in [5.41, 5.74) is 1.24. The summed E-state index contributed by atoms with van der Waals surface area (Å²) in [4.78, 5) is 28.6. The van der Waals surface area contributed by atoms with Crippen molar-refractivity contribution in [1.29, 1.82) is 0 Å². The molecule has 0 N–H and O–H groups in total. The summed E-state index contributed by atoms with van der Waals surface area (Å²) in [5.74, 6) is 0.0198. The third-order valence-electron chi connectivity index (χ3n) is 4.87. The number of ether oxygens (including phenoxy) is 1. The Balaban J connectivity index is 1.67. The zero-order valence-electron chi connectivity index (χ0n) is 15.8. The lowest BCUT2D eigenvalue weighted by molar-refractivity contribution is 0.0639. The standard InChI is InChI=1S/C18H28N4O3/c1-12-10-15(22(19-12)18(3,4)5)16(23)20-8-6-14(7-9-20)21-11-13(2)25-17(21)24/h10,13-14H,6-9,11H2,1-5H3. The lowest BCUT2D eigenvalue weighted by Crippen LogP contribution is -2.47. The average Bonchev–Trinajstić information content (AvgIpc) is 3.09. The number of hydrogen-bond acceptors (Lipinski definition) is 4. The van der Waals surface area contributed by atoms with Crippen molar-refractivity contribution in [1.82, 2.24) is 19.6 Å². The first-order chi connectivity index (χ1) is 11.7. The second kappa shape index (κ2) is 6.35. The van der Waals surface area contributed by atoms with E-state index in [1.54, 1.807) is 0 Å². The molecule has 3 rings (SSSR count). The molecule has 2 saturated heterocycles. The Morgan fingerprint density at radius 1 is 1.28 bits per heavy atom. The van der Waals surface area contributed by atoms with Crippen LogP contribution >= 0.6 is 0 Å². The van der Waals surface area contributed by atoms with Crippen LogP contribution in [0.2, 0.25) is 0 Å². The van der Waals surface area contributed by atoms with Crippen LogP contribution in [0, 0.1) is 6.92 Å². The first-order valence-electron chi connectivity index (χ1n) is 9.00. The molecule has 2 aliphatic rings. The average molecular weight is 348 g/mol. The summed E-state index contributed by atoms with van der Waals surface area (Å²) in [6, 6.07) is 2.02. The van der Waals surface area contributed by atoms with Crippen LogP contribution in [0.4, 0.5) is 4.79 Å². The second-order valence-electron chi connectivity index (χ2n) is 8.12. The van der Waals surface area contributed by atoms with Crippen molar-refractivity contribution >= 4 is 12.0 Å². The van der Waals surface area contributed by atoms with E-state index in [0.717, 1.165) is 18.5 Å². The highest BCUT2D eigenvalue weighted by molar-refractivity contribution is 5.93. The summed E-state index contributed by atoms with van der Waals surface area (Å²) in [7, 11) is 0. The third-order valence-corrected chi connectivity index (χ3v) is 4.87. The van der Waals surface area contributed by atoms with Gasteiger partial charge in [0.05, 0.1) is 17.8 Å². The molecule has 0 aliphatic carbocycles. The van der Waals surface area contributed by atoms with Crippen LogP contribution in [0.25, 0.3) is 0 Å². The van der Waals surface area contributed by atoms with Crippen molar-refractivity contribution in [3.05, 3.63) is 17.5 Å². The van der Waals surface area contributed by atoms with E-state index >= 15 is 0 Å². The smallest absolute Gasteiger partial charge is 0.410 e. The summed E-state index contributed by atoms with van der Waals surface area (Å²) < 4.78 is 7.04. The fraction of sp³-hybridized carbons (Fsp3) is 0.722. The van der Waals surface area contributed by atoms with Crippen LogP contribution < -0.4 is 0 Å². The van der Waals surface area contributed by atoms with E-state index in [0.29, 0.717) is 25.3 Å². The number of hydrogen-bond donors (Lipinski definition) is 0. The van der Waals surface area contributed by atoms with Crippen molar-refractivity contribution in [3.8, 4) is 0 Å². The minimum absolute atomic E-state index is 0.0198. The highest BCUT2D eigenvalue weighted by Crippen LogP contribution is 2.24. The molecule has 1 aromatic heterocycles. The first-order valence-corrected chi connectivity index (χ1v) is 9.00. The zero-order chi connectivity index (χ0) is 18.4. The van der Waals surface area contributed by atoms with Gasteiger partial charge in [0, 0.05) is 19.1 Å². The molecule has 0 radical (unpaired) electrons. The number of piperidine rings is 1. The number of aromatic nitrogens is 2. The molecule has 7 heteroatoms. The van der Waals surface area contributed by atoms with Crippen molar-refractivity contribution in [2.24, 2.45) is 0 Å². The molecular weight excluding hydrogens is 320 g/mol. The van der Waals surface area contributed by atoms with Crippen molar-refractivity contribution in [2.45, 2.75) is 65.1 Å². The van der Waals surface area contributed by atoms with Gasteiger partial charge in [-0.25, -0.2) is 4.79 Å². The monoisotopic (exact) mass is 348 g/mol. The Morgan fingerprint density at radius 2 is 1.92 bits per heavy atom. The van der Waals surface area contributed by atoms with E-state index in [2.05, 4.69) is 5.10 Å². The van der Waals surface area contributed by atoms with Crippen LogP contribution in [0.15, 0.2) is 6.07 Å². The van der Waals surface area contributed by atoms with Gasteiger partial charge in [0.2, 0.25) is 0 Å². The fourth-order valence-electron chi connectivity index (χ4n) is 3.63. The topological polar surface area (TPSA) is 67.7 Å². The highest BCUT2D eigenvalue weighted by Gasteiger charge is 2.37. The van der Waals surface area contributed by atoms with Crippen LogP contribution in [-0.2, 0) is 10.3 Å². The molecule has 138 valence electrons. The summed E-state index contributed by atoms with van der Waals surface area (Å²) in [6.45, 7) is 11.9. The normalized spacial score (nSPS) is 22.4. The van der Waals surface area contributed by atoms with Crippen molar-refractivity contribution in [3.63, 3.8) is 0 Å². The molecule has 7 nitrogen and oxygen atoms in total. The predicted molar refractivity (Wildman–Crippen MR) is 93.5 cm³/mol. The highest BCUT2D eigenvalue weighted by atomic mass is 16.6. The predicted octanol–water partition coefficient (Wildman–Crippen LogP) is 2.39. The van der Waals surface area contributed by atoms with Gasteiger partial charge < -0.3 is 14.5 Å². The molecule has 0 saturated carbocycles. The van der Waals surface area contributed by atoms with E-state index < -0.39 is 0 Å². The maximum atomic E-state index is 13.0. The Labute approximate surface area is 148 Å². The maximum absolute atomic E-state index is 13.0. The van der Waals surface area contributed by atoms with Crippen molar-refractivity contribution in [2.75, 3.05) is 19.6 Å². The summed E-state index contributed by atoms with van der Waals surface area (Å²) in [6.07, 6.45) is 1.31. The number of carbonyl (C=O) groups excluding carboxylic acids is 2. The Bertz CT molecular complexity index is 668. The molecule has 2 aliphatic heterocycles. The quantitative estimate of drug-likeness (QED) is 0.823. The lowest BCUT2D eigenvalue weighted by atomic mass is 10.0. The number of aryl methyl sites for hydroxylation is 1. The maximum Gasteiger partial charge on any atom is 0.410 e. The zero-order valence-corrected chi connectivity index (χ0v) is 15.8. The number of carbonyl (C=O) groups is 2. The van der Waals surface area contributed by atoms with Crippen LogP contribution in [0.3, 0.4) is 0 Å². The number of cyclic esters (lactones) is 1. The SMILES string of the molecule is Cc1cc(C(=O)N2CCC(N3CC(C)OC3=O)CC2)n(C(C)(C)C)n1. The van der Waals surface area contributed by atoms with E-state index in [1.165, 1.54) is 0 Å². The van der Waals surface area contributed by atoms with Gasteiger partial charge in [-0.1, -0.05) is 0 Å². The van der Waals surface area contributed by atoms with Gasteiger partial charge in [0.1, 0.15) is 11.8 Å². The van der Waals surface area contributed by atoms with Gasteiger partial charge in [-0.05, 0) is 53.5 Å². The first kappa shape index (κ1) is 17.8. The molecule has 0 aromatic carbocycles. The molecule has 25 heavy (non-hydrogen) atoms. The molecule has 0 spiro atoms. The Morgan fingerprint density at radius 3 is 2.44 bits per heavy atom. The van der Waals surface area contributed by atoms with E-state index in [9.17, 15) is 9.59 Å². The van der Waals surface area contributed by atoms with Crippen LogP contribution in [0.5, 0.6) is 0 Å². The number of amides is 2. The van der Waals surface area contributed by atoms with Gasteiger partial charge in [-0.15, -0.1) is 0 Å². The summed E-state index contributed by atoms with van der Waals surface area (Å²) >= 11 is 0. The van der Waals surface area contributed by atoms with Gasteiger partial charge in [-0.2, -0.15) is 5.10 Å². The lowest BCUT2D eigenvalue weighted by Gasteiger charge is -2.36. The largest absolute Gasteiger partial charge is 0.444 e. The molecule has 1 aromatic rings. The molecule has 3 heterocycles. The van der Waals surface area contributed by atoms with Crippen LogP contribution in [0.1, 0.15) is 56.7 Å². The molecular formula is C18H28N4O3. The van der Waals surface area contributed by atoms with Crippen molar-refractivity contribution < 1.29 is 14.3 Å². The second-order valence-corrected chi connectivity index (χ2v) is 8.12. The minimum Gasteiger partial charge on any atom is -0.444 e. The van der Waals surface area contributed by atoms with E-state index in [4.69, 9.17) is 4.74 Å². The fourth-order valence-corrected chi connectivity index (χ4v) is 3.63. The number of rotatable bonds is 2. The van der Waals surface area contributed by atoms with Gasteiger partial charge >= 0.3 is 6.09 Å². The van der Waals surface area contributed by atoms with Gasteiger partial charge in [-0.3, -0.25) is 9.48 Å². The molecule has 0 bridgehead atoms. The summed E-state index contributed by atoms with van der Waals surface area (Å²) in [5, 5.41) is 4.49. The molecule has 1 atom stereocenters. The Kier molecular flexibility index (Phi) is 4.51. The van der Waals surface area contributed by atoms with Gasteiger partial charge in [0.25, 0.3) is 5.91 Å². The van der Waals surface area contributed by atoms with E-state index in [1.807, 2.05) is 55.2 Å². The Hall–Kier alpha value is -2.05. The third kappa shape index (κ3) is 3.50. The molecule has 2 fully saturated rings.